The molecule has 0 aliphatic heterocycles. The smallest absolute Gasteiger partial charge is 0.357 e. The first-order chi connectivity index (χ1) is 7.34. The lowest BCUT2D eigenvalue weighted by molar-refractivity contribution is 0.593. The summed E-state index contributed by atoms with van der Waals surface area (Å²) in [6.45, 7) is 18.0. The monoisotopic (exact) mass is 214 g/mol. The SMILES string of the molecule is C=C(C)/C=C\C(=C)B(O)C(=C)/C=C\C(=C)C. The van der Waals surface area contributed by atoms with E-state index in [0.29, 0.717) is 10.9 Å². The zero-order valence-electron chi connectivity index (χ0n) is 10.2. The van der Waals surface area contributed by atoms with Gasteiger partial charge in [0.25, 0.3) is 0 Å². The lowest BCUT2D eigenvalue weighted by Crippen LogP contribution is -2.16. The first-order valence-corrected chi connectivity index (χ1v) is 5.07. The van der Waals surface area contributed by atoms with Crippen LogP contribution < -0.4 is 0 Å². The molecule has 2 heteroatoms. The van der Waals surface area contributed by atoms with Gasteiger partial charge in [0.15, 0.2) is 0 Å². The Kier molecular flexibility index (Phi) is 6.20. The van der Waals surface area contributed by atoms with Crippen molar-refractivity contribution in [2.75, 3.05) is 0 Å². The predicted molar refractivity (Wildman–Crippen MR) is 74.2 cm³/mol. The highest BCUT2D eigenvalue weighted by Gasteiger charge is 2.14. The number of rotatable bonds is 6. The van der Waals surface area contributed by atoms with Gasteiger partial charge in [-0.15, -0.1) is 13.2 Å². The second-order valence-electron chi connectivity index (χ2n) is 3.91. The average Bonchev–Trinajstić information content (AvgIpc) is 2.21. The molecule has 0 aromatic carbocycles. The summed E-state index contributed by atoms with van der Waals surface area (Å²) < 4.78 is 0. The Bertz CT molecular complexity index is 336. The van der Waals surface area contributed by atoms with Crippen LogP contribution in [0.15, 0.2) is 72.7 Å². The third-order valence-corrected chi connectivity index (χ3v) is 1.87. The van der Waals surface area contributed by atoms with Crippen molar-refractivity contribution in [1.29, 1.82) is 0 Å². The van der Waals surface area contributed by atoms with Crippen molar-refractivity contribution in [1.82, 2.24) is 0 Å². The lowest BCUT2D eigenvalue weighted by Gasteiger charge is -2.06. The molecule has 0 atom stereocenters. The maximum Gasteiger partial charge on any atom is 0.357 e. The molecule has 0 aliphatic rings. The first-order valence-electron chi connectivity index (χ1n) is 5.07. The minimum absolute atomic E-state index is 0.597. The topological polar surface area (TPSA) is 20.2 Å². The van der Waals surface area contributed by atoms with E-state index < -0.39 is 6.92 Å². The number of hydrogen-bond donors (Lipinski definition) is 1. The van der Waals surface area contributed by atoms with E-state index in [2.05, 4.69) is 26.3 Å². The van der Waals surface area contributed by atoms with Crippen molar-refractivity contribution in [2.24, 2.45) is 0 Å². The van der Waals surface area contributed by atoms with Gasteiger partial charge in [0.1, 0.15) is 0 Å². The third-order valence-electron chi connectivity index (χ3n) is 1.87. The molecule has 0 amide bonds. The second-order valence-corrected chi connectivity index (χ2v) is 3.91. The van der Waals surface area contributed by atoms with Gasteiger partial charge in [0.05, 0.1) is 0 Å². The molecule has 1 nitrogen and oxygen atoms in total. The van der Waals surface area contributed by atoms with Crippen LogP contribution in [0.2, 0.25) is 0 Å². The second kappa shape index (κ2) is 6.86. The van der Waals surface area contributed by atoms with Crippen molar-refractivity contribution in [3.05, 3.63) is 72.7 Å². The predicted octanol–water partition coefficient (Wildman–Crippen LogP) is 3.43. The van der Waals surface area contributed by atoms with Crippen molar-refractivity contribution >= 4 is 6.92 Å². The van der Waals surface area contributed by atoms with E-state index >= 15 is 0 Å². The molecule has 0 unspecified atom stereocenters. The van der Waals surface area contributed by atoms with E-state index in [9.17, 15) is 5.02 Å². The molecule has 0 fully saturated rings. The first kappa shape index (κ1) is 14.5. The van der Waals surface area contributed by atoms with Gasteiger partial charge in [-0.1, -0.05) is 59.6 Å². The Labute approximate surface area is 99.0 Å². The lowest BCUT2D eigenvalue weighted by atomic mass is 9.55. The van der Waals surface area contributed by atoms with Crippen LogP contribution in [0.5, 0.6) is 0 Å². The van der Waals surface area contributed by atoms with Gasteiger partial charge in [0.2, 0.25) is 0 Å². The maximum atomic E-state index is 9.85. The van der Waals surface area contributed by atoms with Crippen molar-refractivity contribution in [2.45, 2.75) is 13.8 Å². The highest BCUT2D eigenvalue weighted by molar-refractivity contribution is 6.68. The molecule has 0 rings (SSSR count). The van der Waals surface area contributed by atoms with E-state index in [-0.39, 0.29) is 0 Å². The van der Waals surface area contributed by atoms with Crippen LogP contribution in [-0.2, 0) is 0 Å². The highest BCUT2D eigenvalue weighted by atomic mass is 16.2. The molecule has 0 aliphatic carbocycles. The summed E-state index contributed by atoms with van der Waals surface area (Å²) in [6, 6.07) is 0. The fourth-order valence-corrected chi connectivity index (χ4v) is 0.919. The highest BCUT2D eigenvalue weighted by Crippen LogP contribution is 2.09. The average molecular weight is 214 g/mol. The van der Waals surface area contributed by atoms with Gasteiger partial charge in [-0.3, -0.25) is 0 Å². The van der Waals surface area contributed by atoms with Gasteiger partial charge in [-0.05, 0) is 13.8 Å². The van der Waals surface area contributed by atoms with E-state index in [0.717, 1.165) is 11.1 Å². The Hall–Kier alpha value is -1.54. The molecule has 1 N–H and O–H groups in total. The summed E-state index contributed by atoms with van der Waals surface area (Å²) in [6.07, 6.45) is 7.10. The molecule has 0 bridgehead atoms. The van der Waals surface area contributed by atoms with E-state index in [1.807, 2.05) is 13.8 Å². The molecule has 16 heavy (non-hydrogen) atoms. The van der Waals surface area contributed by atoms with Crippen LogP contribution in [0.3, 0.4) is 0 Å². The van der Waals surface area contributed by atoms with Crippen molar-refractivity contribution < 1.29 is 5.02 Å². The molecule has 0 radical (unpaired) electrons. The van der Waals surface area contributed by atoms with Crippen LogP contribution in [0, 0.1) is 0 Å². The van der Waals surface area contributed by atoms with Crippen LogP contribution in [0.25, 0.3) is 0 Å². The minimum atomic E-state index is -0.758. The molecular formula is C14H19BO. The quantitative estimate of drug-likeness (QED) is 0.530. The minimum Gasteiger partial charge on any atom is -0.443 e. The van der Waals surface area contributed by atoms with E-state index in [1.54, 1.807) is 24.3 Å². The summed E-state index contributed by atoms with van der Waals surface area (Å²) in [5.41, 5.74) is 3.02. The summed E-state index contributed by atoms with van der Waals surface area (Å²) >= 11 is 0. The number of allylic oxidation sites excluding steroid dienone is 8. The summed E-state index contributed by atoms with van der Waals surface area (Å²) in [7, 11) is 0. The molecule has 0 heterocycles. The summed E-state index contributed by atoms with van der Waals surface area (Å²) in [5, 5.41) is 9.85. The maximum absolute atomic E-state index is 9.85. The van der Waals surface area contributed by atoms with Crippen LogP contribution in [0.4, 0.5) is 0 Å². The molecule has 0 saturated carbocycles. The van der Waals surface area contributed by atoms with E-state index in [4.69, 9.17) is 0 Å². The van der Waals surface area contributed by atoms with Gasteiger partial charge in [0, 0.05) is 0 Å². The zero-order chi connectivity index (χ0) is 12.7. The largest absolute Gasteiger partial charge is 0.443 e. The van der Waals surface area contributed by atoms with Crippen molar-refractivity contribution in [3.8, 4) is 0 Å². The van der Waals surface area contributed by atoms with Gasteiger partial charge >= 0.3 is 6.92 Å². The molecule has 0 saturated heterocycles. The zero-order valence-corrected chi connectivity index (χ0v) is 10.2. The van der Waals surface area contributed by atoms with Gasteiger partial charge < -0.3 is 5.02 Å². The Balaban J connectivity index is 4.50. The van der Waals surface area contributed by atoms with Gasteiger partial charge in [-0.25, -0.2) is 0 Å². The Morgan fingerprint density at radius 3 is 1.38 bits per heavy atom. The fourth-order valence-electron chi connectivity index (χ4n) is 0.919. The van der Waals surface area contributed by atoms with Gasteiger partial charge in [-0.2, -0.15) is 0 Å². The van der Waals surface area contributed by atoms with Crippen LogP contribution in [0.1, 0.15) is 13.8 Å². The third kappa shape index (κ3) is 6.04. The van der Waals surface area contributed by atoms with Crippen LogP contribution in [-0.4, -0.2) is 11.9 Å². The fraction of sp³-hybridized carbons (Fsp3) is 0.143. The number of hydrogen-bond acceptors (Lipinski definition) is 1. The molecule has 0 aromatic rings. The summed E-state index contributed by atoms with van der Waals surface area (Å²) in [5.74, 6) is 0. The molecule has 0 aromatic heterocycles. The van der Waals surface area contributed by atoms with E-state index in [1.165, 1.54) is 0 Å². The van der Waals surface area contributed by atoms with Crippen molar-refractivity contribution in [3.63, 3.8) is 0 Å². The standard InChI is InChI=1S/C14H19BO/c1-11(2)7-9-13(5)15(16)14(6)10-8-12(3)4/h7-10,16H,1,3,5-6H2,2,4H3/b9-7-,10-8-. The molecule has 0 spiro atoms. The molecular weight excluding hydrogens is 195 g/mol. The summed E-state index contributed by atoms with van der Waals surface area (Å²) in [4.78, 5) is 0. The Morgan fingerprint density at radius 2 is 1.12 bits per heavy atom. The Morgan fingerprint density at radius 1 is 0.812 bits per heavy atom. The van der Waals surface area contributed by atoms with Crippen LogP contribution >= 0.6 is 0 Å². The molecule has 84 valence electrons. The normalized spacial score (nSPS) is 10.7.